The highest BCUT2D eigenvalue weighted by Gasteiger charge is 2.12. The summed E-state index contributed by atoms with van der Waals surface area (Å²) in [4.78, 5) is 24.9. The molecule has 0 aromatic heterocycles. The lowest BCUT2D eigenvalue weighted by Crippen LogP contribution is -2.26. The van der Waals surface area contributed by atoms with Gasteiger partial charge in [0.2, 0.25) is 5.91 Å². The maximum atomic E-state index is 12.6. The molecule has 0 saturated carbocycles. The van der Waals surface area contributed by atoms with Crippen LogP contribution >= 0.6 is 0 Å². The van der Waals surface area contributed by atoms with E-state index in [2.05, 4.69) is 10.6 Å². The van der Waals surface area contributed by atoms with Gasteiger partial charge >= 0.3 is 0 Å². The lowest BCUT2D eigenvalue weighted by atomic mass is 10.1. The van der Waals surface area contributed by atoms with Crippen LogP contribution in [0, 0.1) is 0 Å². The SMILES string of the molecule is COc1ccccc1/C=C/C(=O)Nc1cccc(C(=O)NC(C)c2ccccc2)c1. The van der Waals surface area contributed by atoms with Crippen molar-refractivity contribution in [1.82, 2.24) is 5.32 Å². The summed E-state index contributed by atoms with van der Waals surface area (Å²) in [6.07, 6.45) is 3.12. The Kier molecular flexibility index (Phi) is 7.00. The maximum absolute atomic E-state index is 12.6. The number of ether oxygens (including phenoxy) is 1. The van der Waals surface area contributed by atoms with Gasteiger partial charge in [-0.25, -0.2) is 0 Å². The molecule has 0 heterocycles. The predicted octanol–water partition coefficient (Wildman–Crippen LogP) is 4.84. The minimum Gasteiger partial charge on any atom is -0.496 e. The summed E-state index contributed by atoms with van der Waals surface area (Å²) in [7, 11) is 1.59. The zero-order valence-corrected chi connectivity index (χ0v) is 17.0. The van der Waals surface area contributed by atoms with Crippen molar-refractivity contribution in [1.29, 1.82) is 0 Å². The number of anilines is 1. The molecule has 1 unspecified atom stereocenters. The van der Waals surface area contributed by atoms with Crippen molar-refractivity contribution >= 4 is 23.6 Å². The van der Waals surface area contributed by atoms with Crippen molar-refractivity contribution in [2.75, 3.05) is 12.4 Å². The molecule has 0 aliphatic carbocycles. The largest absolute Gasteiger partial charge is 0.496 e. The number of rotatable bonds is 7. The molecule has 0 bridgehead atoms. The number of amides is 2. The lowest BCUT2D eigenvalue weighted by Gasteiger charge is -2.14. The van der Waals surface area contributed by atoms with E-state index in [9.17, 15) is 9.59 Å². The van der Waals surface area contributed by atoms with Crippen LogP contribution in [0.5, 0.6) is 5.75 Å². The fourth-order valence-electron chi connectivity index (χ4n) is 3.00. The van der Waals surface area contributed by atoms with Gasteiger partial charge in [-0.3, -0.25) is 9.59 Å². The van der Waals surface area contributed by atoms with Gasteiger partial charge in [-0.1, -0.05) is 54.6 Å². The Hall–Kier alpha value is -3.86. The molecule has 0 spiro atoms. The summed E-state index contributed by atoms with van der Waals surface area (Å²) in [6, 6.07) is 23.9. The number of carbonyl (C=O) groups is 2. The third kappa shape index (κ3) is 5.58. The molecular formula is C25H24N2O3. The van der Waals surface area contributed by atoms with Gasteiger partial charge in [0.25, 0.3) is 5.91 Å². The molecule has 3 aromatic carbocycles. The number of carbonyl (C=O) groups excluding carboxylic acids is 2. The Balaban J connectivity index is 1.64. The molecule has 0 radical (unpaired) electrons. The molecule has 0 aliphatic rings. The van der Waals surface area contributed by atoms with E-state index < -0.39 is 0 Å². The smallest absolute Gasteiger partial charge is 0.251 e. The summed E-state index contributed by atoms with van der Waals surface area (Å²) in [5, 5.41) is 5.76. The number of benzene rings is 3. The third-order valence-corrected chi connectivity index (χ3v) is 4.59. The first-order valence-corrected chi connectivity index (χ1v) is 9.65. The Morgan fingerprint density at radius 2 is 1.67 bits per heavy atom. The van der Waals surface area contributed by atoms with Gasteiger partial charge < -0.3 is 15.4 Å². The van der Waals surface area contributed by atoms with E-state index in [0.717, 1.165) is 11.1 Å². The Bertz CT molecular complexity index is 1050. The number of para-hydroxylation sites is 1. The standard InChI is InChI=1S/C25H24N2O3/c1-18(19-9-4-3-5-10-19)26-25(29)21-12-8-13-22(17-21)27-24(28)16-15-20-11-6-7-14-23(20)30-2/h3-18H,1-2H3,(H,26,29)(H,27,28)/b16-15+. The highest BCUT2D eigenvalue weighted by atomic mass is 16.5. The molecule has 0 fully saturated rings. The van der Waals surface area contributed by atoms with Crippen molar-refractivity contribution in [3.63, 3.8) is 0 Å². The van der Waals surface area contributed by atoms with Gasteiger partial charge in [0.15, 0.2) is 0 Å². The first-order valence-electron chi connectivity index (χ1n) is 9.65. The fourth-order valence-corrected chi connectivity index (χ4v) is 3.00. The second-order valence-corrected chi connectivity index (χ2v) is 6.75. The Labute approximate surface area is 176 Å². The van der Waals surface area contributed by atoms with Crippen molar-refractivity contribution in [2.24, 2.45) is 0 Å². The molecule has 2 N–H and O–H groups in total. The van der Waals surface area contributed by atoms with E-state index in [1.807, 2.05) is 61.5 Å². The monoisotopic (exact) mass is 400 g/mol. The van der Waals surface area contributed by atoms with Crippen molar-refractivity contribution in [3.05, 3.63) is 102 Å². The van der Waals surface area contributed by atoms with Crippen LogP contribution < -0.4 is 15.4 Å². The average molecular weight is 400 g/mol. The van der Waals surface area contributed by atoms with E-state index >= 15 is 0 Å². The highest BCUT2D eigenvalue weighted by molar-refractivity contribution is 6.03. The van der Waals surface area contributed by atoms with Crippen molar-refractivity contribution < 1.29 is 14.3 Å². The zero-order chi connectivity index (χ0) is 21.3. The fraction of sp³-hybridized carbons (Fsp3) is 0.120. The minimum atomic E-state index is -0.295. The van der Waals surface area contributed by atoms with E-state index in [1.54, 1.807) is 37.5 Å². The molecule has 1 atom stereocenters. The molecule has 2 amide bonds. The van der Waals surface area contributed by atoms with Crippen LogP contribution in [0.3, 0.4) is 0 Å². The molecule has 0 aliphatic heterocycles. The lowest BCUT2D eigenvalue weighted by molar-refractivity contribution is -0.111. The van der Waals surface area contributed by atoms with E-state index in [1.165, 1.54) is 6.08 Å². The molecule has 0 saturated heterocycles. The third-order valence-electron chi connectivity index (χ3n) is 4.59. The molecular weight excluding hydrogens is 376 g/mol. The summed E-state index contributed by atoms with van der Waals surface area (Å²) < 4.78 is 5.27. The number of hydrogen-bond acceptors (Lipinski definition) is 3. The topological polar surface area (TPSA) is 67.4 Å². The number of methoxy groups -OCH3 is 1. The van der Waals surface area contributed by atoms with Crippen LogP contribution in [0.15, 0.2) is 84.9 Å². The molecule has 152 valence electrons. The zero-order valence-electron chi connectivity index (χ0n) is 17.0. The Morgan fingerprint density at radius 1 is 0.933 bits per heavy atom. The van der Waals surface area contributed by atoms with E-state index in [4.69, 9.17) is 4.74 Å². The second kappa shape index (κ2) is 10.1. The molecule has 3 aromatic rings. The predicted molar refractivity (Wildman–Crippen MR) is 119 cm³/mol. The number of hydrogen-bond donors (Lipinski definition) is 2. The minimum absolute atomic E-state index is 0.124. The summed E-state index contributed by atoms with van der Waals surface area (Å²) in [5.41, 5.74) is 2.85. The Morgan fingerprint density at radius 3 is 2.43 bits per heavy atom. The molecule has 30 heavy (non-hydrogen) atoms. The maximum Gasteiger partial charge on any atom is 0.251 e. The highest BCUT2D eigenvalue weighted by Crippen LogP contribution is 2.19. The number of nitrogens with one attached hydrogen (secondary N) is 2. The molecule has 5 nitrogen and oxygen atoms in total. The van der Waals surface area contributed by atoms with Gasteiger partial charge in [-0.2, -0.15) is 0 Å². The average Bonchev–Trinajstić information content (AvgIpc) is 2.78. The first kappa shape index (κ1) is 20.9. The van der Waals surface area contributed by atoms with Crippen LogP contribution in [0.2, 0.25) is 0 Å². The molecule has 3 rings (SSSR count). The first-order chi connectivity index (χ1) is 14.6. The van der Waals surface area contributed by atoms with Gasteiger partial charge in [0, 0.05) is 22.9 Å². The summed E-state index contributed by atoms with van der Waals surface area (Å²) in [5.74, 6) is 0.191. The molecule has 5 heteroatoms. The van der Waals surface area contributed by atoms with Crippen LogP contribution in [-0.2, 0) is 4.79 Å². The van der Waals surface area contributed by atoms with E-state index in [0.29, 0.717) is 17.0 Å². The van der Waals surface area contributed by atoms with Crippen molar-refractivity contribution in [2.45, 2.75) is 13.0 Å². The summed E-state index contributed by atoms with van der Waals surface area (Å²) >= 11 is 0. The van der Waals surface area contributed by atoms with Crippen LogP contribution in [0.4, 0.5) is 5.69 Å². The van der Waals surface area contributed by atoms with Crippen LogP contribution in [-0.4, -0.2) is 18.9 Å². The van der Waals surface area contributed by atoms with Crippen LogP contribution in [0.25, 0.3) is 6.08 Å². The van der Waals surface area contributed by atoms with Gasteiger partial charge in [0.1, 0.15) is 5.75 Å². The van der Waals surface area contributed by atoms with Gasteiger partial charge in [-0.15, -0.1) is 0 Å². The summed E-state index contributed by atoms with van der Waals surface area (Å²) in [6.45, 7) is 1.93. The quantitative estimate of drug-likeness (QED) is 0.558. The second-order valence-electron chi connectivity index (χ2n) is 6.75. The van der Waals surface area contributed by atoms with Gasteiger partial charge in [-0.05, 0) is 42.8 Å². The van der Waals surface area contributed by atoms with Crippen LogP contribution in [0.1, 0.15) is 34.5 Å². The van der Waals surface area contributed by atoms with Crippen molar-refractivity contribution in [3.8, 4) is 5.75 Å². The normalized spacial score (nSPS) is 11.7. The van der Waals surface area contributed by atoms with Gasteiger partial charge in [0.05, 0.1) is 13.2 Å². The van der Waals surface area contributed by atoms with E-state index in [-0.39, 0.29) is 17.9 Å².